The fourth-order valence-electron chi connectivity index (χ4n) is 1.36. The Kier molecular flexibility index (Phi) is 2.17. The summed E-state index contributed by atoms with van der Waals surface area (Å²) in [5.41, 5.74) is 2.14. The van der Waals surface area contributed by atoms with Crippen molar-refractivity contribution >= 4 is 11.6 Å². The standard InChI is InChI=1S/C10H10ClN3/c1-7-6-10(12)14(13-7)9-5-3-2-4-8(9)11/h2-6,12-13H,1H3. The summed E-state index contributed by atoms with van der Waals surface area (Å²) in [4.78, 5) is 0. The maximum Gasteiger partial charge on any atom is 0.146 e. The Labute approximate surface area is 86.4 Å². The normalized spacial score (nSPS) is 10.4. The number of rotatable bonds is 1. The summed E-state index contributed by atoms with van der Waals surface area (Å²) in [7, 11) is 0. The van der Waals surface area contributed by atoms with Crippen molar-refractivity contribution in [2.24, 2.45) is 0 Å². The number of halogens is 1. The molecule has 0 fully saturated rings. The van der Waals surface area contributed by atoms with Crippen LogP contribution in [0.1, 0.15) is 5.69 Å². The highest BCUT2D eigenvalue weighted by Crippen LogP contribution is 2.17. The van der Waals surface area contributed by atoms with E-state index >= 15 is 0 Å². The number of nitrogens with zero attached hydrogens (tertiary/aromatic N) is 1. The summed E-state index contributed by atoms with van der Waals surface area (Å²) < 4.78 is 1.65. The molecule has 0 bridgehead atoms. The molecule has 0 aliphatic carbocycles. The predicted molar refractivity (Wildman–Crippen MR) is 55.7 cm³/mol. The van der Waals surface area contributed by atoms with Crippen molar-refractivity contribution in [2.45, 2.75) is 6.92 Å². The lowest BCUT2D eigenvalue weighted by Crippen LogP contribution is -2.13. The Morgan fingerprint density at radius 3 is 2.64 bits per heavy atom. The van der Waals surface area contributed by atoms with Crippen LogP contribution in [0.25, 0.3) is 5.69 Å². The number of nitrogens with one attached hydrogen (secondary N) is 2. The van der Waals surface area contributed by atoms with E-state index in [1.165, 1.54) is 0 Å². The molecule has 0 aliphatic rings. The average Bonchev–Trinajstić information content (AvgIpc) is 2.46. The second-order valence-corrected chi connectivity index (χ2v) is 3.52. The Bertz CT molecular complexity index is 510. The van der Waals surface area contributed by atoms with Crippen LogP contribution in [-0.4, -0.2) is 9.78 Å². The third kappa shape index (κ3) is 1.46. The molecule has 0 radical (unpaired) electrons. The number of hydrogen-bond acceptors (Lipinski definition) is 1. The van der Waals surface area contributed by atoms with Gasteiger partial charge in [-0.25, -0.2) is 4.68 Å². The topological polar surface area (TPSA) is 44.6 Å². The summed E-state index contributed by atoms with van der Waals surface area (Å²) in [6.45, 7) is 1.91. The molecule has 0 aliphatic heterocycles. The van der Waals surface area contributed by atoms with Crippen LogP contribution in [-0.2, 0) is 0 Å². The highest BCUT2D eigenvalue weighted by atomic mass is 35.5. The van der Waals surface area contributed by atoms with E-state index in [1.54, 1.807) is 16.8 Å². The summed E-state index contributed by atoms with van der Waals surface area (Å²) in [6, 6.07) is 9.19. The zero-order valence-corrected chi connectivity index (χ0v) is 8.47. The number of hydrogen-bond donors (Lipinski definition) is 2. The molecule has 1 aromatic heterocycles. The summed E-state index contributed by atoms with van der Waals surface area (Å²) in [6.07, 6.45) is 0. The van der Waals surface area contributed by atoms with Crippen molar-refractivity contribution in [3.63, 3.8) is 0 Å². The van der Waals surface area contributed by atoms with Crippen LogP contribution in [0.15, 0.2) is 30.3 Å². The SMILES string of the molecule is Cc1cc(=N)n(-c2ccccc2Cl)[nH]1. The van der Waals surface area contributed by atoms with Gasteiger partial charge in [0.2, 0.25) is 0 Å². The first-order valence-corrected chi connectivity index (χ1v) is 4.64. The largest absolute Gasteiger partial charge is 0.297 e. The van der Waals surface area contributed by atoms with Gasteiger partial charge in [-0.1, -0.05) is 23.7 Å². The number of para-hydroxylation sites is 1. The second kappa shape index (κ2) is 3.35. The van der Waals surface area contributed by atoms with Crippen LogP contribution < -0.4 is 5.49 Å². The molecule has 0 saturated heterocycles. The molecule has 4 heteroatoms. The molecule has 0 saturated carbocycles. The third-order valence-electron chi connectivity index (χ3n) is 1.98. The predicted octanol–water partition coefficient (Wildman–Crippen LogP) is 2.25. The van der Waals surface area contributed by atoms with Gasteiger partial charge in [-0.2, -0.15) is 0 Å². The van der Waals surface area contributed by atoms with Crippen molar-refractivity contribution in [1.29, 1.82) is 5.41 Å². The lowest BCUT2D eigenvalue weighted by Gasteiger charge is -2.04. The Balaban J connectivity index is 2.66. The Hall–Kier alpha value is -1.48. The van der Waals surface area contributed by atoms with Crippen LogP contribution in [0.2, 0.25) is 5.02 Å². The molecular formula is C10H10ClN3. The minimum absolute atomic E-state index is 0.399. The van der Waals surface area contributed by atoms with E-state index in [4.69, 9.17) is 17.0 Å². The zero-order valence-electron chi connectivity index (χ0n) is 7.71. The maximum absolute atomic E-state index is 7.70. The molecule has 2 aromatic rings. The van der Waals surface area contributed by atoms with Crippen LogP contribution >= 0.6 is 11.6 Å². The molecule has 0 spiro atoms. The molecule has 0 amide bonds. The van der Waals surface area contributed by atoms with E-state index in [0.717, 1.165) is 11.4 Å². The minimum Gasteiger partial charge on any atom is -0.297 e. The van der Waals surface area contributed by atoms with Crippen molar-refractivity contribution in [1.82, 2.24) is 9.78 Å². The number of aryl methyl sites for hydroxylation is 1. The van der Waals surface area contributed by atoms with Crippen molar-refractivity contribution < 1.29 is 0 Å². The zero-order chi connectivity index (χ0) is 10.1. The second-order valence-electron chi connectivity index (χ2n) is 3.11. The van der Waals surface area contributed by atoms with Crippen molar-refractivity contribution in [3.05, 3.63) is 46.5 Å². The molecule has 0 unspecified atom stereocenters. The fraction of sp³-hybridized carbons (Fsp3) is 0.100. The van der Waals surface area contributed by atoms with E-state index < -0.39 is 0 Å². The molecule has 14 heavy (non-hydrogen) atoms. The van der Waals surface area contributed by atoms with Gasteiger partial charge in [0.25, 0.3) is 0 Å². The van der Waals surface area contributed by atoms with E-state index in [0.29, 0.717) is 10.5 Å². The summed E-state index contributed by atoms with van der Waals surface area (Å²) in [5.74, 6) is 0. The van der Waals surface area contributed by atoms with E-state index in [-0.39, 0.29) is 0 Å². The number of benzene rings is 1. The van der Waals surface area contributed by atoms with Gasteiger partial charge in [0.05, 0.1) is 10.7 Å². The lowest BCUT2D eigenvalue weighted by atomic mass is 10.3. The quantitative estimate of drug-likeness (QED) is 0.721. The van der Waals surface area contributed by atoms with Gasteiger partial charge in [-0.15, -0.1) is 0 Å². The molecule has 72 valence electrons. The molecular weight excluding hydrogens is 198 g/mol. The van der Waals surface area contributed by atoms with Crippen LogP contribution in [0.5, 0.6) is 0 Å². The average molecular weight is 208 g/mol. The third-order valence-corrected chi connectivity index (χ3v) is 2.30. The highest BCUT2D eigenvalue weighted by molar-refractivity contribution is 6.32. The monoisotopic (exact) mass is 207 g/mol. The van der Waals surface area contributed by atoms with Gasteiger partial charge >= 0.3 is 0 Å². The lowest BCUT2D eigenvalue weighted by molar-refractivity contribution is 0.806. The van der Waals surface area contributed by atoms with E-state index in [2.05, 4.69) is 5.10 Å². The molecule has 0 atom stereocenters. The van der Waals surface area contributed by atoms with E-state index in [1.807, 2.05) is 25.1 Å². The fourth-order valence-corrected chi connectivity index (χ4v) is 1.58. The van der Waals surface area contributed by atoms with Gasteiger partial charge in [0.15, 0.2) is 0 Å². The molecule has 2 rings (SSSR count). The molecule has 1 aromatic carbocycles. The Morgan fingerprint density at radius 2 is 2.07 bits per heavy atom. The Morgan fingerprint density at radius 1 is 1.36 bits per heavy atom. The minimum atomic E-state index is 0.399. The summed E-state index contributed by atoms with van der Waals surface area (Å²) in [5, 5.41) is 11.4. The first-order chi connectivity index (χ1) is 6.68. The van der Waals surface area contributed by atoms with Crippen LogP contribution in [0.4, 0.5) is 0 Å². The first kappa shape index (κ1) is 9.09. The number of aromatic nitrogens is 2. The molecule has 2 N–H and O–H groups in total. The van der Waals surface area contributed by atoms with Gasteiger partial charge in [-0.05, 0) is 19.1 Å². The number of aromatic amines is 1. The van der Waals surface area contributed by atoms with Gasteiger partial charge in [0, 0.05) is 11.8 Å². The van der Waals surface area contributed by atoms with Gasteiger partial charge in [-0.3, -0.25) is 10.5 Å². The summed E-state index contributed by atoms with van der Waals surface area (Å²) >= 11 is 6.02. The van der Waals surface area contributed by atoms with Crippen LogP contribution in [0, 0.1) is 12.3 Å². The van der Waals surface area contributed by atoms with Gasteiger partial charge in [0.1, 0.15) is 5.49 Å². The number of H-pyrrole nitrogens is 1. The van der Waals surface area contributed by atoms with Gasteiger partial charge < -0.3 is 0 Å². The first-order valence-electron chi connectivity index (χ1n) is 4.26. The van der Waals surface area contributed by atoms with Crippen molar-refractivity contribution in [2.75, 3.05) is 0 Å². The van der Waals surface area contributed by atoms with Crippen molar-refractivity contribution in [3.8, 4) is 5.69 Å². The smallest absolute Gasteiger partial charge is 0.146 e. The molecule has 1 heterocycles. The highest BCUT2D eigenvalue weighted by Gasteiger charge is 2.03. The van der Waals surface area contributed by atoms with E-state index in [9.17, 15) is 0 Å². The molecule has 3 nitrogen and oxygen atoms in total. The van der Waals surface area contributed by atoms with Crippen LogP contribution in [0.3, 0.4) is 0 Å². The maximum atomic E-state index is 7.70.